The number of nitrogens with zero attached hydrogens (tertiary/aromatic N) is 3. The van der Waals surface area contributed by atoms with Crippen molar-refractivity contribution < 1.29 is 9.58 Å². The molecule has 1 heterocycles. The van der Waals surface area contributed by atoms with E-state index in [-0.39, 0.29) is 5.95 Å². The highest BCUT2D eigenvalue weighted by Gasteiger charge is 2.10. The van der Waals surface area contributed by atoms with Crippen LogP contribution >= 0.6 is 0 Å². The summed E-state index contributed by atoms with van der Waals surface area (Å²) in [5.41, 5.74) is 8.23. The third-order valence-corrected chi connectivity index (χ3v) is 3.03. The summed E-state index contributed by atoms with van der Waals surface area (Å²) in [6.07, 6.45) is 0. The molecule has 3 rings (SSSR count). The second-order valence-electron chi connectivity index (χ2n) is 4.27. The van der Waals surface area contributed by atoms with Gasteiger partial charge in [-0.3, -0.25) is 0 Å². The normalized spacial score (nSPS) is 10.7. The Hall–Kier alpha value is -2.89. The first-order valence-corrected chi connectivity index (χ1v) is 5.99. The molecule has 2 N–H and O–H groups in total. The smallest absolute Gasteiger partial charge is 0.288 e. The minimum absolute atomic E-state index is 0.0373. The molecule has 3 aromatic rings. The fourth-order valence-electron chi connectivity index (χ4n) is 2.03. The van der Waals surface area contributed by atoms with E-state index in [1.807, 2.05) is 30.3 Å². The van der Waals surface area contributed by atoms with E-state index < -0.39 is 0 Å². The molecule has 0 saturated carbocycles. The molecule has 100 valence electrons. The maximum Gasteiger partial charge on any atom is 0.288 e. The molecule has 0 unspecified atom stereocenters. The van der Waals surface area contributed by atoms with Crippen molar-refractivity contribution in [1.82, 2.24) is 10.1 Å². The molecule has 0 atom stereocenters. The Balaban J connectivity index is 2.12. The van der Waals surface area contributed by atoms with Crippen molar-refractivity contribution in [3.63, 3.8) is 0 Å². The Morgan fingerprint density at radius 2 is 1.80 bits per heavy atom. The second kappa shape index (κ2) is 4.65. The van der Waals surface area contributed by atoms with Gasteiger partial charge in [0.05, 0.1) is 12.2 Å². The zero-order valence-corrected chi connectivity index (χ0v) is 10.8. The number of methoxy groups -OCH3 is 1. The van der Waals surface area contributed by atoms with Gasteiger partial charge in [-0.25, -0.2) is 4.98 Å². The topological polar surface area (TPSA) is 88.0 Å². The van der Waals surface area contributed by atoms with Crippen molar-refractivity contribution in [2.24, 2.45) is 0 Å². The number of hydrogen-bond donors (Lipinski definition) is 1. The fraction of sp³-hybridized carbons (Fsp3) is 0.0714. The van der Waals surface area contributed by atoms with Crippen LogP contribution in [-0.2, 0) is 0 Å². The number of hydrogen-bond acceptors (Lipinski definition) is 5. The van der Waals surface area contributed by atoms with E-state index in [1.54, 1.807) is 19.2 Å². The van der Waals surface area contributed by atoms with Crippen molar-refractivity contribution in [2.45, 2.75) is 0 Å². The van der Waals surface area contributed by atoms with E-state index in [0.717, 1.165) is 16.9 Å². The highest BCUT2D eigenvalue weighted by molar-refractivity contribution is 5.79. The van der Waals surface area contributed by atoms with Gasteiger partial charge in [0.2, 0.25) is 0 Å². The number of benzene rings is 2. The summed E-state index contributed by atoms with van der Waals surface area (Å²) in [5.74, 6) is 0.745. The van der Waals surface area contributed by atoms with E-state index in [4.69, 9.17) is 10.5 Å². The monoisotopic (exact) mass is 268 g/mol. The van der Waals surface area contributed by atoms with Crippen LogP contribution in [0.5, 0.6) is 5.75 Å². The molecule has 0 aliphatic rings. The summed E-state index contributed by atoms with van der Waals surface area (Å²) in [5, 5.41) is 15.3. The first kappa shape index (κ1) is 12.2. The Labute approximate surface area is 115 Å². The summed E-state index contributed by atoms with van der Waals surface area (Å²) in [6.45, 7) is 0. The molecule has 2 aromatic carbocycles. The zero-order chi connectivity index (χ0) is 14.1. The molecule has 0 amide bonds. The first-order valence-electron chi connectivity index (χ1n) is 5.99. The fourth-order valence-corrected chi connectivity index (χ4v) is 2.03. The molecule has 20 heavy (non-hydrogen) atoms. The largest absolute Gasteiger partial charge is 0.594 e. The maximum atomic E-state index is 11.7. The molecule has 0 fully saturated rings. The maximum absolute atomic E-state index is 11.7. The molecule has 0 aliphatic heterocycles. The summed E-state index contributed by atoms with van der Waals surface area (Å²) < 4.78 is 5.12. The van der Waals surface area contributed by atoms with E-state index in [0.29, 0.717) is 15.9 Å². The molecule has 0 aliphatic carbocycles. The molecule has 6 heteroatoms. The number of rotatable bonds is 2. The predicted molar refractivity (Wildman–Crippen MR) is 74.9 cm³/mol. The Kier molecular flexibility index (Phi) is 2.83. The summed E-state index contributed by atoms with van der Waals surface area (Å²) in [6, 6.07) is 13.0. The third-order valence-electron chi connectivity index (χ3n) is 3.03. The Morgan fingerprint density at radius 1 is 1.10 bits per heavy atom. The number of fused-ring (bicyclic) bond motifs is 1. The van der Waals surface area contributed by atoms with Gasteiger partial charge in [-0.1, -0.05) is 18.2 Å². The first-order chi connectivity index (χ1) is 9.67. The highest BCUT2D eigenvalue weighted by Crippen LogP contribution is 2.24. The van der Waals surface area contributed by atoms with Gasteiger partial charge in [-0.05, 0) is 34.2 Å². The summed E-state index contributed by atoms with van der Waals surface area (Å²) in [4.78, 5) is 4.52. The number of nitrogens with two attached hydrogens (primary N) is 1. The van der Waals surface area contributed by atoms with Gasteiger partial charge < -0.3 is 15.7 Å². The van der Waals surface area contributed by atoms with Crippen molar-refractivity contribution in [3.05, 3.63) is 47.7 Å². The molecule has 0 radical (unpaired) electrons. The quantitative estimate of drug-likeness (QED) is 0.562. The zero-order valence-electron chi connectivity index (χ0n) is 10.8. The Bertz CT molecular complexity index is 772. The highest BCUT2D eigenvalue weighted by atomic mass is 16.5. The molecule has 1 aromatic heterocycles. The minimum atomic E-state index is -0.0373. The lowest BCUT2D eigenvalue weighted by Crippen LogP contribution is -2.33. The summed E-state index contributed by atoms with van der Waals surface area (Å²) in [7, 11) is 1.62. The van der Waals surface area contributed by atoms with Gasteiger partial charge in [-0.2, -0.15) is 0 Å². The number of aromatic nitrogens is 3. The predicted octanol–water partition coefficient (Wildman–Crippen LogP) is 1.52. The molecule has 0 bridgehead atoms. The Morgan fingerprint density at radius 3 is 2.50 bits per heavy atom. The molecule has 6 nitrogen and oxygen atoms in total. The van der Waals surface area contributed by atoms with Crippen molar-refractivity contribution in [3.8, 4) is 16.9 Å². The lowest BCUT2D eigenvalue weighted by atomic mass is 10.1. The lowest BCUT2D eigenvalue weighted by molar-refractivity contribution is -0.641. The van der Waals surface area contributed by atoms with Crippen LogP contribution in [0, 0.1) is 5.21 Å². The van der Waals surface area contributed by atoms with Crippen LogP contribution in [-0.4, -0.2) is 17.2 Å². The third kappa shape index (κ3) is 2.07. The van der Waals surface area contributed by atoms with Gasteiger partial charge in [0.1, 0.15) is 11.3 Å². The van der Waals surface area contributed by atoms with Gasteiger partial charge in [-0.15, -0.1) is 0 Å². The van der Waals surface area contributed by atoms with Crippen molar-refractivity contribution >= 4 is 17.0 Å². The van der Waals surface area contributed by atoms with Crippen LogP contribution in [0.15, 0.2) is 42.5 Å². The standard InChI is InChI=1S/C14H12N4O2/c1-20-11-5-2-9(3-6-11)10-4-7-12-13(8-10)18(19)17-14(15)16-12/h2-8H,1H3,(H2,15,16,17). The number of nitrogen functional groups attached to an aromatic ring is 1. The number of anilines is 1. The van der Waals surface area contributed by atoms with Crippen LogP contribution in [0.3, 0.4) is 0 Å². The average Bonchev–Trinajstić information content (AvgIpc) is 2.47. The van der Waals surface area contributed by atoms with Crippen LogP contribution < -0.4 is 15.3 Å². The van der Waals surface area contributed by atoms with Gasteiger partial charge in [0, 0.05) is 6.07 Å². The van der Waals surface area contributed by atoms with Crippen LogP contribution in [0.25, 0.3) is 22.2 Å². The van der Waals surface area contributed by atoms with Crippen LogP contribution in [0.1, 0.15) is 0 Å². The van der Waals surface area contributed by atoms with E-state index >= 15 is 0 Å². The SMILES string of the molecule is COc1ccc(-c2ccc3nc(N)n[n+]([O-])c3c2)cc1. The number of ether oxygens (including phenoxy) is 1. The van der Waals surface area contributed by atoms with Gasteiger partial charge >= 0.3 is 0 Å². The van der Waals surface area contributed by atoms with Gasteiger partial charge in [0.15, 0.2) is 0 Å². The van der Waals surface area contributed by atoms with Crippen LogP contribution in [0.2, 0.25) is 0 Å². The minimum Gasteiger partial charge on any atom is -0.594 e. The molecular formula is C14H12N4O2. The van der Waals surface area contributed by atoms with Crippen LogP contribution in [0.4, 0.5) is 5.95 Å². The van der Waals surface area contributed by atoms with Gasteiger partial charge in [0.25, 0.3) is 11.5 Å². The van der Waals surface area contributed by atoms with E-state index in [9.17, 15) is 5.21 Å². The van der Waals surface area contributed by atoms with E-state index in [2.05, 4.69) is 10.1 Å². The molecular weight excluding hydrogens is 256 g/mol. The lowest BCUT2D eigenvalue weighted by Gasteiger charge is -2.05. The average molecular weight is 268 g/mol. The molecule has 0 spiro atoms. The van der Waals surface area contributed by atoms with Crippen molar-refractivity contribution in [2.75, 3.05) is 12.8 Å². The van der Waals surface area contributed by atoms with Crippen molar-refractivity contribution in [1.29, 1.82) is 0 Å². The second-order valence-corrected chi connectivity index (χ2v) is 4.27. The van der Waals surface area contributed by atoms with E-state index in [1.165, 1.54) is 0 Å². The molecule has 0 saturated heterocycles. The summed E-state index contributed by atoms with van der Waals surface area (Å²) >= 11 is 0.